The highest BCUT2D eigenvalue weighted by atomic mass is 35.5. The van der Waals surface area contributed by atoms with Crippen LogP contribution in [0, 0.1) is 5.82 Å². The van der Waals surface area contributed by atoms with Crippen LogP contribution in [0.25, 0.3) is 0 Å². The van der Waals surface area contributed by atoms with Gasteiger partial charge in [-0.1, -0.05) is 29.3 Å². The van der Waals surface area contributed by atoms with Crippen molar-refractivity contribution in [2.24, 2.45) is 0 Å². The lowest BCUT2D eigenvalue weighted by Crippen LogP contribution is -2.40. The van der Waals surface area contributed by atoms with Gasteiger partial charge in [0.05, 0.1) is 0 Å². The molecule has 0 aliphatic carbocycles. The Morgan fingerprint density at radius 2 is 1.60 bits per heavy atom. The van der Waals surface area contributed by atoms with Crippen LogP contribution in [0.3, 0.4) is 0 Å². The summed E-state index contributed by atoms with van der Waals surface area (Å²) in [7, 11) is 0. The fourth-order valence-corrected chi connectivity index (χ4v) is 2.43. The fraction of sp³-hybridized carbons (Fsp3) is 0.176. The molecule has 0 heterocycles. The van der Waals surface area contributed by atoms with Crippen LogP contribution < -0.4 is 16.0 Å². The van der Waals surface area contributed by atoms with E-state index in [9.17, 15) is 14.0 Å². The third-order valence-electron chi connectivity index (χ3n) is 3.26. The maximum absolute atomic E-state index is 12.8. The van der Waals surface area contributed by atoms with Crippen molar-refractivity contribution in [2.45, 2.75) is 6.54 Å². The molecule has 3 amide bonds. The summed E-state index contributed by atoms with van der Waals surface area (Å²) in [6.45, 7) is 0.738. The summed E-state index contributed by atoms with van der Waals surface area (Å²) in [5, 5.41) is 8.88. The molecule has 0 bridgehead atoms. The molecule has 0 unspecified atom stereocenters. The van der Waals surface area contributed by atoms with Crippen molar-refractivity contribution in [1.29, 1.82) is 0 Å². The molecule has 2 rings (SSSR count). The van der Waals surface area contributed by atoms with Crippen molar-refractivity contribution in [3.63, 3.8) is 0 Å². The molecule has 0 aliphatic heterocycles. The molecular formula is C17H16Cl2FN3O2. The number of nitrogens with one attached hydrogen (secondary N) is 3. The summed E-state index contributed by atoms with van der Waals surface area (Å²) in [4.78, 5) is 23.5. The van der Waals surface area contributed by atoms with E-state index in [1.54, 1.807) is 18.2 Å². The standard InChI is InChI=1S/C17H16Cl2FN3O2/c18-13-4-1-12(15(19)9-13)10-23-17(25)22-8-7-21-16(24)11-2-5-14(20)6-3-11/h1-6,9H,7-8,10H2,(H,21,24)(H2,22,23,25). The predicted molar refractivity (Wildman–Crippen MR) is 95.4 cm³/mol. The van der Waals surface area contributed by atoms with E-state index in [1.807, 2.05) is 0 Å². The fourth-order valence-electron chi connectivity index (χ4n) is 1.96. The van der Waals surface area contributed by atoms with Gasteiger partial charge in [0.15, 0.2) is 0 Å². The summed E-state index contributed by atoms with van der Waals surface area (Å²) < 4.78 is 12.8. The number of hydrogen-bond donors (Lipinski definition) is 3. The van der Waals surface area contributed by atoms with Crippen molar-refractivity contribution in [3.8, 4) is 0 Å². The van der Waals surface area contributed by atoms with Crippen LogP contribution in [0.5, 0.6) is 0 Å². The lowest BCUT2D eigenvalue weighted by Gasteiger charge is -2.10. The summed E-state index contributed by atoms with van der Waals surface area (Å²) in [5.74, 6) is -0.745. The van der Waals surface area contributed by atoms with Gasteiger partial charge < -0.3 is 16.0 Å². The van der Waals surface area contributed by atoms with Gasteiger partial charge in [0.25, 0.3) is 5.91 Å². The average molecular weight is 384 g/mol. The lowest BCUT2D eigenvalue weighted by atomic mass is 10.2. The number of halogens is 3. The maximum atomic E-state index is 12.8. The summed E-state index contributed by atoms with van der Waals surface area (Å²) in [6.07, 6.45) is 0. The molecule has 0 aromatic heterocycles. The minimum absolute atomic E-state index is 0.241. The zero-order chi connectivity index (χ0) is 18.2. The van der Waals surface area contributed by atoms with Crippen LogP contribution >= 0.6 is 23.2 Å². The molecule has 3 N–H and O–H groups in total. The van der Waals surface area contributed by atoms with E-state index in [2.05, 4.69) is 16.0 Å². The second-order valence-corrected chi connectivity index (χ2v) is 5.95. The molecule has 25 heavy (non-hydrogen) atoms. The van der Waals surface area contributed by atoms with Gasteiger partial charge in [0.1, 0.15) is 5.82 Å². The van der Waals surface area contributed by atoms with Crippen molar-refractivity contribution >= 4 is 35.1 Å². The number of carbonyl (C=O) groups excluding carboxylic acids is 2. The number of carbonyl (C=O) groups is 2. The molecule has 0 saturated carbocycles. The van der Waals surface area contributed by atoms with E-state index >= 15 is 0 Å². The molecular weight excluding hydrogens is 368 g/mol. The van der Waals surface area contributed by atoms with E-state index in [0.717, 1.165) is 5.56 Å². The average Bonchev–Trinajstić information content (AvgIpc) is 2.58. The predicted octanol–water partition coefficient (Wildman–Crippen LogP) is 3.36. The Kier molecular flexibility index (Phi) is 7.03. The minimum Gasteiger partial charge on any atom is -0.350 e. The molecule has 0 saturated heterocycles. The molecule has 2 aromatic carbocycles. The topological polar surface area (TPSA) is 70.2 Å². The van der Waals surface area contributed by atoms with Gasteiger partial charge in [-0.2, -0.15) is 0 Å². The number of amides is 3. The monoisotopic (exact) mass is 383 g/mol. The summed E-state index contributed by atoms with van der Waals surface area (Å²) in [5.41, 5.74) is 1.09. The number of hydrogen-bond acceptors (Lipinski definition) is 2. The van der Waals surface area contributed by atoms with E-state index in [-0.39, 0.29) is 31.6 Å². The van der Waals surface area contributed by atoms with Crippen molar-refractivity contribution in [3.05, 3.63) is 69.5 Å². The largest absolute Gasteiger partial charge is 0.350 e. The number of urea groups is 1. The SMILES string of the molecule is O=C(NCCNC(=O)c1ccc(F)cc1)NCc1ccc(Cl)cc1Cl. The van der Waals surface area contributed by atoms with Gasteiger partial charge in [-0.25, -0.2) is 9.18 Å². The molecule has 0 fully saturated rings. The van der Waals surface area contributed by atoms with Crippen molar-refractivity contribution in [1.82, 2.24) is 16.0 Å². The molecule has 8 heteroatoms. The first-order valence-electron chi connectivity index (χ1n) is 7.45. The zero-order valence-electron chi connectivity index (χ0n) is 13.1. The number of benzene rings is 2. The Hall–Kier alpha value is -2.31. The molecule has 0 aliphatic rings. The van der Waals surface area contributed by atoms with Crippen LogP contribution in [0.1, 0.15) is 15.9 Å². The van der Waals surface area contributed by atoms with Crippen LogP contribution in [-0.2, 0) is 6.54 Å². The summed E-state index contributed by atoms with van der Waals surface area (Å²) in [6, 6.07) is 9.83. The second kappa shape index (κ2) is 9.25. The van der Waals surface area contributed by atoms with Gasteiger partial charge >= 0.3 is 6.03 Å². The Morgan fingerprint density at radius 1 is 0.920 bits per heavy atom. The van der Waals surface area contributed by atoms with Crippen LogP contribution in [0.4, 0.5) is 9.18 Å². The van der Waals surface area contributed by atoms with Crippen LogP contribution in [0.2, 0.25) is 10.0 Å². The van der Waals surface area contributed by atoms with Gasteiger partial charge in [-0.15, -0.1) is 0 Å². The third-order valence-corrected chi connectivity index (χ3v) is 3.84. The first-order valence-corrected chi connectivity index (χ1v) is 8.20. The Bertz CT molecular complexity index is 754. The van der Waals surface area contributed by atoms with Gasteiger partial charge in [0.2, 0.25) is 0 Å². The molecule has 132 valence electrons. The maximum Gasteiger partial charge on any atom is 0.315 e. The van der Waals surface area contributed by atoms with Gasteiger partial charge in [-0.05, 0) is 42.0 Å². The van der Waals surface area contributed by atoms with Crippen LogP contribution in [-0.4, -0.2) is 25.0 Å². The Morgan fingerprint density at radius 3 is 2.28 bits per heavy atom. The highest BCUT2D eigenvalue weighted by Gasteiger charge is 2.06. The van der Waals surface area contributed by atoms with Gasteiger partial charge in [0, 0.05) is 35.2 Å². The highest BCUT2D eigenvalue weighted by molar-refractivity contribution is 6.35. The molecule has 5 nitrogen and oxygen atoms in total. The minimum atomic E-state index is -0.407. The van der Waals surface area contributed by atoms with Gasteiger partial charge in [-0.3, -0.25) is 4.79 Å². The molecule has 0 atom stereocenters. The van der Waals surface area contributed by atoms with E-state index in [4.69, 9.17) is 23.2 Å². The van der Waals surface area contributed by atoms with E-state index in [0.29, 0.717) is 15.6 Å². The van der Waals surface area contributed by atoms with Crippen LogP contribution in [0.15, 0.2) is 42.5 Å². The number of rotatable bonds is 6. The van der Waals surface area contributed by atoms with E-state index < -0.39 is 5.82 Å². The highest BCUT2D eigenvalue weighted by Crippen LogP contribution is 2.20. The van der Waals surface area contributed by atoms with Crippen molar-refractivity contribution < 1.29 is 14.0 Å². The smallest absolute Gasteiger partial charge is 0.315 e. The Balaban J connectivity index is 1.66. The quantitative estimate of drug-likeness (QED) is 0.669. The summed E-state index contributed by atoms with van der Waals surface area (Å²) >= 11 is 11.8. The lowest BCUT2D eigenvalue weighted by molar-refractivity contribution is 0.0954. The molecule has 2 aromatic rings. The molecule has 0 radical (unpaired) electrons. The van der Waals surface area contributed by atoms with E-state index in [1.165, 1.54) is 24.3 Å². The Labute approximate surface area is 154 Å². The third kappa shape index (κ3) is 6.25. The second-order valence-electron chi connectivity index (χ2n) is 5.11. The first kappa shape index (κ1) is 19.0. The first-order chi connectivity index (χ1) is 12.0. The molecule has 0 spiro atoms. The normalized spacial score (nSPS) is 10.2. The van der Waals surface area contributed by atoms with Crippen molar-refractivity contribution in [2.75, 3.05) is 13.1 Å². The zero-order valence-corrected chi connectivity index (χ0v) is 14.6.